The Bertz CT molecular complexity index is 1470. The highest BCUT2D eigenvalue weighted by atomic mass is 32.2. The Kier molecular flexibility index (Phi) is 7.25. The van der Waals surface area contributed by atoms with Gasteiger partial charge in [-0.2, -0.15) is 0 Å². The minimum absolute atomic E-state index is 0.194. The maximum absolute atomic E-state index is 13.2. The predicted molar refractivity (Wildman–Crippen MR) is 149 cm³/mol. The molecule has 0 spiro atoms. The van der Waals surface area contributed by atoms with E-state index in [1.807, 2.05) is 25.1 Å². The van der Waals surface area contributed by atoms with Crippen LogP contribution >= 0.6 is 22.7 Å². The molecule has 0 fully saturated rings. The van der Waals surface area contributed by atoms with Crippen LogP contribution in [0.25, 0.3) is 20.8 Å². The third kappa shape index (κ3) is 4.85. The largest absolute Gasteiger partial charge is 0.313 e. The lowest BCUT2D eigenvalue weighted by Gasteiger charge is -2.17. The first-order valence-corrected chi connectivity index (χ1v) is 15.3. The molecule has 0 saturated carbocycles. The number of anilines is 1. The molecule has 6 nitrogen and oxygen atoms in total. The second kappa shape index (κ2) is 10.4. The molecule has 0 aliphatic heterocycles. The Hall–Kier alpha value is -2.59. The molecule has 2 heterocycles. The molecule has 188 valence electrons. The molecule has 0 saturated heterocycles. The number of fused-ring (bicyclic) bond motifs is 2. The van der Waals surface area contributed by atoms with Gasteiger partial charge in [-0.3, -0.25) is 4.79 Å². The van der Waals surface area contributed by atoms with Gasteiger partial charge in [-0.05, 0) is 74.1 Å². The predicted octanol–water partition coefficient (Wildman–Crippen LogP) is 6.58. The number of hydrogen-bond donors (Lipinski definition) is 1. The van der Waals surface area contributed by atoms with Crippen LogP contribution in [0.4, 0.5) is 5.00 Å². The zero-order valence-corrected chi connectivity index (χ0v) is 22.9. The number of nitrogens with zero attached hydrogens (tertiary/aromatic N) is 2. The Morgan fingerprint density at radius 1 is 1.06 bits per heavy atom. The summed E-state index contributed by atoms with van der Waals surface area (Å²) in [7, 11) is -1.98. The number of hydrogen-bond acceptors (Lipinski definition) is 6. The van der Waals surface area contributed by atoms with E-state index in [1.54, 1.807) is 41.9 Å². The van der Waals surface area contributed by atoms with Gasteiger partial charge in [-0.15, -0.1) is 22.7 Å². The fourth-order valence-corrected chi connectivity index (χ4v) is 8.10. The van der Waals surface area contributed by atoms with E-state index in [0.29, 0.717) is 12.1 Å². The summed E-state index contributed by atoms with van der Waals surface area (Å²) in [4.78, 5) is 19.6. The number of amides is 1. The van der Waals surface area contributed by atoms with Gasteiger partial charge < -0.3 is 5.32 Å². The minimum atomic E-state index is -3.57. The van der Waals surface area contributed by atoms with Crippen molar-refractivity contribution in [1.82, 2.24) is 9.29 Å². The highest BCUT2D eigenvalue weighted by molar-refractivity contribution is 7.89. The highest BCUT2D eigenvalue weighted by Crippen LogP contribution is 2.46. The second-order valence-electron chi connectivity index (χ2n) is 9.06. The molecule has 1 aliphatic rings. The van der Waals surface area contributed by atoms with E-state index >= 15 is 0 Å². The van der Waals surface area contributed by atoms with Gasteiger partial charge in [-0.1, -0.05) is 25.5 Å². The van der Waals surface area contributed by atoms with Crippen LogP contribution in [0.1, 0.15) is 53.4 Å². The molecule has 0 atom stereocenters. The van der Waals surface area contributed by atoms with E-state index < -0.39 is 10.0 Å². The van der Waals surface area contributed by atoms with Crippen molar-refractivity contribution in [2.45, 2.75) is 50.3 Å². The first-order chi connectivity index (χ1) is 17.4. The van der Waals surface area contributed by atoms with E-state index in [-0.39, 0.29) is 10.8 Å². The summed E-state index contributed by atoms with van der Waals surface area (Å²) in [6.07, 6.45) is 6.03. The maximum Gasteiger partial charge on any atom is 0.256 e. The molecule has 2 aromatic heterocycles. The van der Waals surface area contributed by atoms with Gasteiger partial charge in [0.25, 0.3) is 5.91 Å². The van der Waals surface area contributed by atoms with Gasteiger partial charge >= 0.3 is 0 Å². The molecule has 4 aromatic rings. The van der Waals surface area contributed by atoms with E-state index in [9.17, 15) is 13.2 Å². The lowest BCUT2D eigenvalue weighted by molar-refractivity contribution is 0.102. The van der Waals surface area contributed by atoms with Crippen LogP contribution in [0.15, 0.2) is 53.4 Å². The quantitative estimate of drug-likeness (QED) is 0.274. The van der Waals surface area contributed by atoms with Crippen molar-refractivity contribution in [3.63, 3.8) is 0 Å². The van der Waals surface area contributed by atoms with Crippen LogP contribution < -0.4 is 5.32 Å². The molecule has 1 aliphatic carbocycles. The topological polar surface area (TPSA) is 79.4 Å². The summed E-state index contributed by atoms with van der Waals surface area (Å²) in [5.74, 6) is -0.251. The number of para-hydroxylation sites is 1. The minimum Gasteiger partial charge on any atom is -0.313 e. The summed E-state index contributed by atoms with van der Waals surface area (Å²) < 4.78 is 28.1. The number of sulfonamides is 1. The van der Waals surface area contributed by atoms with Crippen LogP contribution in [-0.2, 0) is 22.9 Å². The third-order valence-corrected chi connectivity index (χ3v) is 10.7. The molecule has 5 rings (SSSR count). The van der Waals surface area contributed by atoms with E-state index in [1.165, 1.54) is 26.9 Å². The normalized spacial score (nSPS) is 13.8. The van der Waals surface area contributed by atoms with E-state index in [4.69, 9.17) is 4.98 Å². The van der Waals surface area contributed by atoms with Crippen LogP contribution in [0.5, 0.6) is 0 Å². The molecule has 1 amide bonds. The fraction of sp³-hybridized carbons (Fsp3) is 0.333. The summed E-state index contributed by atoms with van der Waals surface area (Å²) in [6.45, 7) is 2.50. The second-order valence-corrected chi connectivity index (χ2v) is 13.2. The molecular formula is C27H29N3O3S3. The number of aromatic nitrogens is 1. The average Bonchev–Trinajstić information content (AvgIpc) is 3.47. The Labute approximate surface area is 220 Å². The number of carbonyl (C=O) groups excluding carboxylic acids is 1. The highest BCUT2D eigenvalue weighted by Gasteiger charge is 2.26. The zero-order valence-electron chi connectivity index (χ0n) is 20.4. The molecule has 2 aromatic carbocycles. The monoisotopic (exact) mass is 539 g/mol. The number of nitrogens with one attached hydrogen (secondary N) is 1. The summed E-state index contributed by atoms with van der Waals surface area (Å²) in [5.41, 5.74) is 3.73. The van der Waals surface area contributed by atoms with Crippen molar-refractivity contribution >= 4 is 53.8 Å². The van der Waals surface area contributed by atoms with E-state index in [2.05, 4.69) is 11.4 Å². The van der Waals surface area contributed by atoms with Crippen LogP contribution in [0.2, 0.25) is 0 Å². The van der Waals surface area contributed by atoms with Gasteiger partial charge in [0.05, 0.1) is 15.1 Å². The maximum atomic E-state index is 13.2. The van der Waals surface area contributed by atoms with Crippen molar-refractivity contribution in [1.29, 1.82) is 0 Å². The van der Waals surface area contributed by atoms with Gasteiger partial charge in [0, 0.05) is 29.6 Å². The molecule has 0 bridgehead atoms. The molecule has 1 N–H and O–H groups in total. The molecule has 9 heteroatoms. The molecule has 36 heavy (non-hydrogen) atoms. The lowest BCUT2D eigenvalue weighted by atomic mass is 9.95. The first-order valence-electron chi connectivity index (χ1n) is 12.3. The standard InChI is InChI=1S/C27H29N3O3S3/c1-3-4-17-30(2)36(32,33)19-15-13-18(14-16-19)25(31)29-27-24(20-9-5-7-11-22(20)34-27)26-28-21-10-6-8-12-23(21)35-26/h6,8,10,12-16H,3-5,7,9,11,17H2,1-2H3,(H,29,31). The number of carbonyl (C=O) groups is 1. The average molecular weight is 540 g/mol. The summed E-state index contributed by atoms with van der Waals surface area (Å²) >= 11 is 3.29. The number of unbranched alkanes of at least 4 members (excludes halogenated alkanes) is 1. The van der Waals surface area contributed by atoms with Crippen molar-refractivity contribution < 1.29 is 13.2 Å². The number of thiazole rings is 1. The number of rotatable bonds is 8. The lowest BCUT2D eigenvalue weighted by Crippen LogP contribution is -2.28. The fourth-order valence-electron chi connectivity index (χ4n) is 4.49. The summed E-state index contributed by atoms with van der Waals surface area (Å²) in [6, 6.07) is 14.3. The van der Waals surface area contributed by atoms with Crippen molar-refractivity contribution in [2.75, 3.05) is 18.9 Å². The molecular weight excluding hydrogens is 511 g/mol. The van der Waals surface area contributed by atoms with Crippen molar-refractivity contribution in [2.24, 2.45) is 0 Å². The van der Waals surface area contributed by atoms with Gasteiger partial charge in [0.2, 0.25) is 10.0 Å². The van der Waals surface area contributed by atoms with Gasteiger partial charge in [0.15, 0.2) is 0 Å². The Morgan fingerprint density at radius 3 is 2.56 bits per heavy atom. The number of benzene rings is 2. The molecule has 0 unspecified atom stereocenters. The van der Waals surface area contributed by atoms with E-state index in [0.717, 1.165) is 64.3 Å². The number of aryl methyl sites for hydroxylation is 1. The van der Waals surface area contributed by atoms with Crippen molar-refractivity contribution in [3.05, 3.63) is 64.5 Å². The molecule has 0 radical (unpaired) electrons. The van der Waals surface area contributed by atoms with Gasteiger partial charge in [-0.25, -0.2) is 17.7 Å². The first kappa shape index (κ1) is 25.1. The summed E-state index contributed by atoms with van der Waals surface area (Å²) in [5, 5.41) is 4.88. The van der Waals surface area contributed by atoms with Gasteiger partial charge in [0.1, 0.15) is 10.0 Å². The van der Waals surface area contributed by atoms with Crippen molar-refractivity contribution in [3.8, 4) is 10.6 Å². The van der Waals surface area contributed by atoms with Crippen LogP contribution in [0.3, 0.4) is 0 Å². The zero-order chi connectivity index (χ0) is 25.3. The smallest absolute Gasteiger partial charge is 0.256 e. The Balaban J connectivity index is 1.43. The number of thiophene rings is 1. The van der Waals surface area contributed by atoms with Crippen LogP contribution in [-0.4, -0.2) is 37.2 Å². The third-order valence-electron chi connectivity index (χ3n) is 6.56. The van der Waals surface area contributed by atoms with Crippen LogP contribution in [0, 0.1) is 0 Å². The Morgan fingerprint density at radius 2 is 1.81 bits per heavy atom. The SMILES string of the molecule is CCCCN(C)S(=O)(=O)c1ccc(C(=O)Nc2sc3c(c2-c2nc4ccccc4s2)CCCC3)cc1.